The lowest BCUT2D eigenvalue weighted by Crippen LogP contribution is -2.27. The molecule has 9 heteroatoms. The number of benzene rings is 2. The van der Waals surface area contributed by atoms with Crippen LogP contribution in [0.1, 0.15) is 35.0 Å². The molecule has 0 unspecified atom stereocenters. The lowest BCUT2D eigenvalue weighted by molar-refractivity contribution is -0.121. The van der Waals surface area contributed by atoms with Gasteiger partial charge < -0.3 is 34.2 Å². The van der Waals surface area contributed by atoms with Crippen molar-refractivity contribution in [1.82, 2.24) is 5.32 Å². The molecule has 2 aromatic carbocycles. The minimum absolute atomic E-state index is 0.0298. The number of carbonyl (C=O) groups is 1. The maximum atomic E-state index is 12.9. The summed E-state index contributed by atoms with van der Waals surface area (Å²) in [5.74, 6) is -0.0742. The average molecular weight is 484 g/mol. The van der Waals surface area contributed by atoms with Crippen molar-refractivity contribution in [3.05, 3.63) is 75.3 Å². The van der Waals surface area contributed by atoms with Gasteiger partial charge in [0, 0.05) is 19.0 Å². The molecule has 0 aliphatic carbocycles. The second-order valence-corrected chi connectivity index (χ2v) is 7.91. The van der Waals surface area contributed by atoms with Crippen molar-refractivity contribution < 1.29 is 33.6 Å². The normalized spacial score (nSPS) is 11.5. The number of carbonyl (C=O) groups excluding carboxylic acids is 1. The molecule has 3 N–H and O–H groups in total. The summed E-state index contributed by atoms with van der Waals surface area (Å²) < 4.78 is 21.4. The van der Waals surface area contributed by atoms with Gasteiger partial charge in [0.25, 0.3) is 0 Å². The average Bonchev–Trinajstić information content (AvgIpc) is 2.85. The number of hydrogen-bond acceptors (Lipinski definition) is 8. The van der Waals surface area contributed by atoms with Crippen LogP contribution in [-0.4, -0.2) is 44.0 Å². The highest BCUT2D eigenvalue weighted by Gasteiger charge is 2.26. The number of aromatic hydroxyl groups is 2. The minimum Gasteiger partial charge on any atom is -0.504 e. The van der Waals surface area contributed by atoms with E-state index in [1.165, 1.54) is 19.2 Å². The number of nitrogens with one attached hydrogen (secondary N) is 1. The van der Waals surface area contributed by atoms with E-state index in [0.29, 0.717) is 35.8 Å². The standard InChI is InChI=1S/C26H29NO8/c1-15-11-20(29)25(31)26(35-15)18(17-6-7-19(28)22(13-17)33-3)14-24(30)27-10-9-16-5-8-21(32-2)23(12-16)34-4/h5-8,11-13,18,28,31H,9-10,14H2,1-4H3,(H,27,30)/t18-/m1/s1. The maximum Gasteiger partial charge on any atom is 0.227 e. The second kappa shape index (κ2) is 11.3. The zero-order valence-electron chi connectivity index (χ0n) is 20.1. The van der Waals surface area contributed by atoms with E-state index >= 15 is 0 Å². The summed E-state index contributed by atoms with van der Waals surface area (Å²) in [5.41, 5.74) is 0.872. The Kier molecular flexibility index (Phi) is 8.25. The van der Waals surface area contributed by atoms with Crippen LogP contribution in [0.3, 0.4) is 0 Å². The molecular formula is C26H29NO8. The first kappa shape index (κ1) is 25.5. The van der Waals surface area contributed by atoms with Gasteiger partial charge >= 0.3 is 0 Å². The second-order valence-electron chi connectivity index (χ2n) is 7.91. The fourth-order valence-corrected chi connectivity index (χ4v) is 3.77. The van der Waals surface area contributed by atoms with Gasteiger partial charge in [0.2, 0.25) is 17.1 Å². The Morgan fingerprint density at radius 1 is 0.971 bits per heavy atom. The molecule has 0 bridgehead atoms. The van der Waals surface area contributed by atoms with Gasteiger partial charge in [-0.05, 0) is 48.7 Å². The Bertz CT molecular complexity index is 1250. The van der Waals surface area contributed by atoms with E-state index in [1.54, 1.807) is 39.3 Å². The highest BCUT2D eigenvalue weighted by atomic mass is 16.5. The number of phenolic OH excluding ortho intramolecular Hbond substituents is 1. The van der Waals surface area contributed by atoms with Crippen molar-refractivity contribution >= 4 is 5.91 Å². The van der Waals surface area contributed by atoms with Crippen molar-refractivity contribution in [2.75, 3.05) is 27.9 Å². The third-order valence-corrected chi connectivity index (χ3v) is 5.57. The van der Waals surface area contributed by atoms with Crippen LogP contribution in [0.15, 0.2) is 51.7 Å². The smallest absolute Gasteiger partial charge is 0.227 e. The summed E-state index contributed by atoms with van der Waals surface area (Å²) in [5, 5.41) is 23.2. The third-order valence-electron chi connectivity index (χ3n) is 5.57. The lowest BCUT2D eigenvalue weighted by Gasteiger charge is -2.19. The number of methoxy groups -OCH3 is 3. The quantitative estimate of drug-likeness (QED) is 0.401. The summed E-state index contributed by atoms with van der Waals surface area (Å²) in [7, 11) is 4.52. The molecule has 186 valence electrons. The Hall–Kier alpha value is -4.14. The highest BCUT2D eigenvalue weighted by molar-refractivity contribution is 5.77. The van der Waals surface area contributed by atoms with Crippen molar-refractivity contribution in [3.8, 4) is 28.7 Å². The van der Waals surface area contributed by atoms with Gasteiger partial charge in [-0.1, -0.05) is 12.1 Å². The number of hydrogen-bond donors (Lipinski definition) is 3. The van der Waals surface area contributed by atoms with Crippen LogP contribution in [0.25, 0.3) is 0 Å². The van der Waals surface area contributed by atoms with E-state index in [0.717, 1.165) is 5.56 Å². The molecule has 0 fully saturated rings. The fourth-order valence-electron chi connectivity index (χ4n) is 3.77. The van der Waals surface area contributed by atoms with Gasteiger partial charge in [-0.2, -0.15) is 0 Å². The predicted molar refractivity (Wildman–Crippen MR) is 129 cm³/mol. The predicted octanol–water partition coefficient (Wildman–Crippen LogP) is 3.27. The zero-order chi connectivity index (χ0) is 25.5. The first-order chi connectivity index (χ1) is 16.8. The molecule has 1 heterocycles. The van der Waals surface area contributed by atoms with Crippen LogP contribution in [0, 0.1) is 6.92 Å². The Labute approximate surface area is 202 Å². The molecule has 1 amide bonds. The zero-order valence-corrected chi connectivity index (χ0v) is 20.1. The van der Waals surface area contributed by atoms with E-state index in [9.17, 15) is 19.8 Å². The molecule has 0 aliphatic rings. The first-order valence-electron chi connectivity index (χ1n) is 11.0. The van der Waals surface area contributed by atoms with E-state index in [1.807, 2.05) is 12.1 Å². The van der Waals surface area contributed by atoms with Gasteiger partial charge in [-0.25, -0.2) is 0 Å². The molecule has 3 aromatic rings. The Morgan fingerprint density at radius 3 is 2.37 bits per heavy atom. The highest BCUT2D eigenvalue weighted by Crippen LogP contribution is 2.37. The van der Waals surface area contributed by atoms with Gasteiger partial charge in [-0.15, -0.1) is 0 Å². The Balaban J connectivity index is 1.80. The van der Waals surface area contributed by atoms with Crippen molar-refractivity contribution in [2.45, 2.75) is 25.7 Å². The van der Waals surface area contributed by atoms with Crippen LogP contribution in [0.4, 0.5) is 0 Å². The van der Waals surface area contributed by atoms with Gasteiger partial charge in [0.1, 0.15) is 5.76 Å². The van der Waals surface area contributed by atoms with E-state index in [4.69, 9.17) is 18.6 Å². The van der Waals surface area contributed by atoms with Crippen molar-refractivity contribution in [2.24, 2.45) is 0 Å². The topological polar surface area (TPSA) is 127 Å². The van der Waals surface area contributed by atoms with Crippen molar-refractivity contribution in [3.63, 3.8) is 0 Å². The molecule has 0 aliphatic heterocycles. The summed E-state index contributed by atoms with van der Waals surface area (Å²) in [6.45, 7) is 1.94. The molecule has 0 saturated heterocycles. The van der Waals surface area contributed by atoms with Crippen molar-refractivity contribution in [1.29, 1.82) is 0 Å². The van der Waals surface area contributed by atoms with Crippen LogP contribution in [0.5, 0.6) is 28.7 Å². The van der Waals surface area contributed by atoms with Crippen LogP contribution in [0.2, 0.25) is 0 Å². The third kappa shape index (κ3) is 6.06. The number of aryl methyl sites for hydroxylation is 1. The van der Waals surface area contributed by atoms with E-state index in [-0.39, 0.29) is 29.6 Å². The van der Waals surface area contributed by atoms with Gasteiger partial charge in [-0.3, -0.25) is 9.59 Å². The van der Waals surface area contributed by atoms with Crippen LogP contribution < -0.4 is 25.0 Å². The Morgan fingerprint density at radius 2 is 1.69 bits per heavy atom. The summed E-state index contributed by atoms with van der Waals surface area (Å²) in [6.07, 6.45) is 0.439. The SMILES string of the molecule is COc1cc([C@@H](CC(=O)NCCc2ccc(OC)c(OC)c2)c2oc(C)cc(=O)c2O)ccc1O. The fraction of sp³-hybridized carbons (Fsp3) is 0.308. The van der Waals surface area contributed by atoms with E-state index in [2.05, 4.69) is 5.32 Å². The van der Waals surface area contributed by atoms with Gasteiger partial charge in [0.15, 0.2) is 28.8 Å². The monoisotopic (exact) mass is 483 g/mol. The molecule has 1 atom stereocenters. The largest absolute Gasteiger partial charge is 0.504 e. The molecule has 9 nitrogen and oxygen atoms in total. The van der Waals surface area contributed by atoms with Gasteiger partial charge in [0.05, 0.1) is 27.2 Å². The first-order valence-corrected chi connectivity index (χ1v) is 11.0. The number of ether oxygens (including phenoxy) is 3. The number of amides is 1. The minimum atomic E-state index is -0.793. The molecule has 3 rings (SSSR count). The molecule has 35 heavy (non-hydrogen) atoms. The lowest BCUT2D eigenvalue weighted by atomic mass is 9.91. The molecule has 0 spiro atoms. The summed E-state index contributed by atoms with van der Waals surface area (Å²) >= 11 is 0. The van der Waals surface area contributed by atoms with Crippen LogP contribution >= 0.6 is 0 Å². The summed E-state index contributed by atoms with van der Waals surface area (Å²) in [6, 6.07) is 11.2. The molecule has 0 saturated carbocycles. The maximum absolute atomic E-state index is 12.9. The molecular weight excluding hydrogens is 454 g/mol. The molecule has 0 radical (unpaired) electrons. The number of rotatable bonds is 10. The van der Waals surface area contributed by atoms with E-state index < -0.39 is 17.1 Å². The number of phenols is 1. The molecule has 1 aromatic heterocycles. The van der Waals surface area contributed by atoms with Crippen LogP contribution in [-0.2, 0) is 11.2 Å². The summed E-state index contributed by atoms with van der Waals surface area (Å²) in [4.78, 5) is 25.1.